The molecule has 1 fully saturated rings. The van der Waals surface area contributed by atoms with Crippen LogP contribution in [0.15, 0.2) is 60.7 Å². The molecule has 2 unspecified atom stereocenters. The molecule has 1 aliphatic rings. The summed E-state index contributed by atoms with van der Waals surface area (Å²) in [5, 5.41) is 0.298. The molecule has 0 spiro atoms. The Morgan fingerprint density at radius 1 is 0.769 bits per heavy atom. The molecule has 26 heavy (non-hydrogen) atoms. The lowest BCUT2D eigenvalue weighted by molar-refractivity contribution is -0.129. The molecule has 4 nitrogen and oxygen atoms in total. The summed E-state index contributed by atoms with van der Waals surface area (Å²) in [6.07, 6.45) is 0.665. The molecule has 0 bridgehead atoms. The van der Waals surface area contributed by atoms with E-state index in [1.165, 1.54) is 0 Å². The first-order valence-electron chi connectivity index (χ1n) is 8.88. The maximum Gasteiger partial charge on any atom is 0.229 e. The third kappa shape index (κ3) is 3.15. The minimum Gasteiger partial charge on any atom is -0.279 e. The van der Waals surface area contributed by atoms with Crippen molar-refractivity contribution in [2.75, 3.05) is 0 Å². The average molecular weight is 366 g/mol. The van der Waals surface area contributed by atoms with Gasteiger partial charge in [0.25, 0.3) is 0 Å². The summed E-state index contributed by atoms with van der Waals surface area (Å²) < 4.78 is 0. The van der Waals surface area contributed by atoms with Gasteiger partial charge in [-0.25, -0.2) is 0 Å². The largest absolute Gasteiger partial charge is 0.279 e. The van der Waals surface area contributed by atoms with E-state index in [1.807, 2.05) is 74.5 Å². The highest BCUT2D eigenvalue weighted by Gasteiger charge is 2.49. The fourth-order valence-corrected chi connectivity index (χ4v) is 3.89. The first-order valence-corrected chi connectivity index (χ1v) is 9.28. The lowest BCUT2D eigenvalue weighted by Crippen LogP contribution is -2.39. The highest BCUT2D eigenvalue weighted by Crippen LogP contribution is 2.45. The van der Waals surface area contributed by atoms with Crippen LogP contribution in [0.5, 0.6) is 0 Å². The van der Waals surface area contributed by atoms with Crippen LogP contribution >= 0.6 is 12.2 Å². The summed E-state index contributed by atoms with van der Waals surface area (Å²) in [5.41, 5.74) is 1.94. The van der Waals surface area contributed by atoms with Crippen molar-refractivity contribution in [3.63, 3.8) is 0 Å². The third-order valence-corrected chi connectivity index (χ3v) is 5.09. The molecule has 1 aliphatic heterocycles. The second kappa shape index (κ2) is 7.79. The predicted octanol–water partition coefficient (Wildman–Crippen LogP) is 4.24. The van der Waals surface area contributed by atoms with E-state index in [1.54, 1.807) is 9.80 Å². The minimum absolute atomic E-state index is 0.0730. The van der Waals surface area contributed by atoms with Crippen LogP contribution in [-0.4, -0.2) is 26.7 Å². The Labute approximate surface area is 159 Å². The van der Waals surface area contributed by atoms with Gasteiger partial charge >= 0.3 is 0 Å². The van der Waals surface area contributed by atoms with Gasteiger partial charge in [-0.2, -0.15) is 0 Å². The van der Waals surface area contributed by atoms with Gasteiger partial charge in [-0.15, -0.1) is 0 Å². The lowest BCUT2D eigenvalue weighted by atomic mass is 9.93. The van der Waals surface area contributed by atoms with E-state index in [4.69, 9.17) is 12.2 Å². The third-order valence-electron chi connectivity index (χ3n) is 4.69. The number of nitrogens with zero attached hydrogens (tertiary/aromatic N) is 2. The topological polar surface area (TPSA) is 40.6 Å². The molecule has 0 aliphatic carbocycles. The molecule has 134 valence electrons. The summed E-state index contributed by atoms with van der Waals surface area (Å²) in [5.74, 6) is -0.146. The molecule has 1 saturated heterocycles. The molecule has 3 rings (SSSR count). The maximum atomic E-state index is 12.7. The van der Waals surface area contributed by atoms with E-state index in [2.05, 4.69) is 0 Å². The fourth-order valence-electron chi connectivity index (χ4n) is 3.46. The van der Waals surface area contributed by atoms with Gasteiger partial charge in [-0.05, 0) is 23.3 Å². The lowest BCUT2D eigenvalue weighted by Gasteiger charge is -2.28. The van der Waals surface area contributed by atoms with Crippen LogP contribution in [0.1, 0.15) is 49.9 Å². The number of rotatable bonds is 4. The molecule has 0 N–H and O–H groups in total. The molecule has 0 saturated carbocycles. The summed E-state index contributed by atoms with van der Waals surface area (Å²) in [6.45, 7) is 3.63. The van der Waals surface area contributed by atoms with Gasteiger partial charge in [-0.3, -0.25) is 19.4 Å². The van der Waals surface area contributed by atoms with Crippen molar-refractivity contribution in [3.8, 4) is 0 Å². The first-order chi connectivity index (χ1) is 12.6. The number of thiocarbonyl (C=S) groups is 1. The maximum absolute atomic E-state index is 12.7. The van der Waals surface area contributed by atoms with Gasteiger partial charge in [0, 0.05) is 12.8 Å². The molecule has 0 aromatic heterocycles. The van der Waals surface area contributed by atoms with Gasteiger partial charge in [0.2, 0.25) is 11.8 Å². The van der Waals surface area contributed by atoms with E-state index >= 15 is 0 Å². The Morgan fingerprint density at radius 3 is 1.42 bits per heavy atom. The van der Waals surface area contributed by atoms with Gasteiger partial charge in [0.1, 0.15) is 0 Å². The van der Waals surface area contributed by atoms with E-state index in [0.717, 1.165) is 11.1 Å². The smallest absolute Gasteiger partial charge is 0.229 e. The van der Waals surface area contributed by atoms with E-state index < -0.39 is 0 Å². The molecule has 1 heterocycles. The Bertz CT molecular complexity index is 740. The van der Waals surface area contributed by atoms with Crippen molar-refractivity contribution in [2.45, 2.75) is 38.8 Å². The number of benzene rings is 2. The van der Waals surface area contributed by atoms with Crippen molar-refractivity contribution in [2.24, 2.45) is 0 Å². The zero-order valence-electron chi connectivity index (χ0n) is 15.0. The molecule has 2 aromatic rings. The highest BCUT2D eigenvalue weighted by atomic mass is 32.1. The number of hydrogen-bond acceptors (Lipinski definition) is 3. The van der Waals surface area contributed by atoms with Gasteiger partial charge in [0.15, 0.2) is 5.11 Å². The van der Waals surface area contributed by atoms with Crippen LogP contribution in [0.25, 0.3) is 0 Å². The quantitative estimate of drug-likeness (QED) is 0.760. The predicted molar refractivity (Wildman–Crippen MR) is 105 cm³/mol. The molecule has 2 atom stereocenters. The number of carbonyl (C=O) groups excluding carboxylic acids is 2. The molecule has 2 amide bonds. The van der Waals surface area contributed by atoms with Crippen molar-refractivity contribution in [1.29, 1.82) is 0 Å². The molecule has 0 radical (unpaired) electrons. The highest BCUT2D eigenvalue weighted by molar-refractivity contribution is 7.80. The average Bonchev–Trinajstić information content (AvgIpc) is 3.01. The zero-order chi connectivity index (χ0) is 18.7. The van der Waals surface area contributed by atoms with Crippen molar-refractivity contribution in [1.82, 2.24) is 9.80 Å². The number of carbonyl (C=O) groups is 2. The normalized spacial score (nSPS) is 19.7. The van der Waals surface area contributed by atoms with Crippen molar-refractivity contribution < 1.29 is 9.59 Å². The minimum atomic E-state index is -0.325. The standard InChI is InChI=1S/C21H22N2O2S/c1-3-17(24)22-19(15-11-7-5-8-12-15)20(16-13-9-6-10-14-16)23(21(22)26)18(25)4-2/h5-14,19-20H,3-4H2,1-2H3. The molecular weight excluding hydrogens is 344 g/mol. The molecule has 5 heteroatoms. The molecular formula is C21H22N2O2S. The summed E-state index contributed by atoms with van der Waals surface area (Å²) in [6, 6.07) is 18.9. The van der Waals surface area contributed by atoms with Crippen molar-refractivity contribution >= 4 is 29.1 Å². The second-order valence-electron chi connectivity index (χ2n) is 6.23. The van der Waals surface area contributed by atoms with Crippen LogP contribution in [0.3, 0.4) is 0 Å². The monoisotopic (exact) mass is 366 g/mol. The second-order valence-corrected chi connectivity index (χ2v) is 6.59. The van der Waals surface area contributed by atoms with Crippen LogP contribution in [0, 0.1) is 0 Å². The summed E-state index contributed by atoms with van der Waals surface area (Å²) in [4.78, 5) is 28.7. The Morgan fingerprint density at radius 2 is 1.12 bits per heavy atom. The zero-order valence-corrected chi connectivity index (χ0v) is 15.8. The van der Waals surface area contributed by atoms with E-state index in [-0.39, 0.29) is 23.9 Å². The van der Waals surface area contributed by atoms with Crippen LogP contribution in [-0.2, 0) is 9.59 Å². The van der Waals surface area contributed by atoms with Crippen LogP contribution in [0.4, 0.5) is 0 Å². The Hall–Kier alpha value is -2.53. The number of amides is 2. The SMILES string of the molecule is CCC(=O)N1C(=S)N(C(=O)CC)C(c2ccccc2)C1c1ccccc1. The summed E-state index contributed by atoms with van der Waals surface area (Å²) >= 11 is 5.61. The Kier molecular flexibility index (Phi) is 5.47. The first kappa shape index (κ1) is 18.3. The van der Waals surface area contributed by atoms with Gasteiger partial charge in [-0.1, -0.05) is 74.5 Å². The fraction of sp³-hybridized carbons (Fsp3) is 0.286. The van der Waals surface area contributed by atoms with Crippen molar-refractivity contribution in [3.05, 3.63) is 71.8 Å². The molecule has 2 aromatic carbocycles. The van der Waals surface area contributed by atoms with E-state index in [9.17, 15) is 9.59 Å². The number of hydrogen-bond donors (Lipinski definition) is 0. The van der Waals surface area contributed by atoms with E-state index in [0.29, 0.717) is 18.0 Å². The van der Waals surface area contributed by atoms with Crippen LogP contribution < -0.4 is 0 Å². The Balaban J connectivity index is 2.20. The summed E-state index contributed by atoms with van der Waals surface area (Å²) in [7, 11) is 0. The van der Waals surface area contributed by atoms with Gasteiger partial charge < -0.3 is 0 Å². The van der Waals surface area contributed by atoms with Gasteiger partial charge in [0.05, 0.1) is 12.1 Å². The van der Waals surface area contributed by atoms with Crippen LogP contribution in [0.2, 0.25) is 0 Å².